The number of imide groups is 1. The molecule has 0 saturated heterocycles. The number of rotatable bonds is 3. The number of aryl methyl sites for hydroxylation is 2. The second-order valence-electron chi connectivity index (χ2n) is 4.66. The number of pyridine rings is 1. The number of nitrogens with zero attached hydrogens (tertiary/aromatic N) is 1. The van der Waals surface area contributed by atoms with Gasteiger partial charge in [0.05, 0.1) is 16.3 Å². The standard InChI is InChI=1S/C15H17N3O2S/c1-9-5-4-6-11-10(2)7-13(18-14(9)11)21-8-12(19)17-15(20)16-3/h4-7H,8H2,1-3H3,(H2,16,17,19,20). The van der Waals surface area contributed by atoms with Crippen LogP contribution in [0.15, 0.2) is 29.3 Å². The number of para-hydroxylation sites is 1. The number of hydrogen-bond donors (Lipinski definition) is 2. The quantitative estimate of drug-likeness (QED) is 0.854. The van der Waals surface area contributed by atoms with Crippen LogP contribution >= 0.6 is 11.8 Å². The lowest BCUT2D eigenvalue weighted by Gasteiger charge is -2.08. The third kappa shape index (κ3) is 3.72. The van der Waals surface area contributed by atoms with Gasteiger partial charge in [0.15, 0.2) is 0 Å². The number of carbonyl (C=O) groups excluding carboxylic acids is 2. The van der Waals surface area contributed by atoms with Crippen molar-refractivity contribution in [2.45, 2.75) is 18.9 Å². The van der Waals surface area contributed by atoms with E-state index < -0.39 is 6.03 Å². The molecule has 0 aliphatic rings. The molecule has 6 heteroatoms. The predicted octanol–water partition coefficient (Wildman–Crippen LogP) is 2.40. The fraction of sp³-hybridized carbons (Fsp3) is 0.267. The van der Waals surface area contributed by atoms with Crippen LogP contribution in [0.2, 0.25) is 0 Å². The summed E-state index contributed by atoms with van der Waals surface area (Å²) in [5, 5.41) is 6.46. The number of carbonyl (C=O) groups is 2. The molecule has 0 aliphatic carbocycles. The van der Waals surface area contributed by atoms with Crippen molar-refractivity contribution < 1.29 is 9.59 Å². The molecular formula is C15H17N3O2S. The molecule has 0 radical (unpaired) electrons. The maximum absolute atomic E-state index is 11.6. The van der Waals surface area contributed by atoms with Crippen LogP contribution in [0.4, 0.5) is 4.79 Å². The molecular weight excluding hydrogens is 286 g/mol. The lowest BCUT2D eigenvalue weighted by molar-refractivity contribution is -0.117. The predicted molar refractivity (Wildman–Crippen MR) is 84.5 cm³/mol. The SMILES string of the molecule is CNC(=O)NC(=O)CSc1cc(C)c2cccc(C)c2n1. The molecule has 0 unspecified atom stereocenters. The number of benzene rings is 1. The second-order valence-corrected chi connectivity index (χ2v) is 5.66. The first-order valence-corrected chi connectivity index (χ1v) is 7.51. The highest BCUT2D eigenvalue weighted by Gasteiger charge is 2.09. The molecule has 21 heavy (non-hydrogen) atoms. The Hall–Kier alpha value is -2.08. The first kappa shape index (κ1) is 15.3. The molecule has 0 bridgehead atoms. The topological polar surface area (TPSA) is 71.1 Å². The highest BCUT2D eigenvalue weighted by molar-refractivity contribution is 7.99. The molecule has 0 spiro atoms. The van der Waals surface area contributed by atoms with Gasteiger partial charge in [0.2, 0.25) is 5.91 Å². The maximum Gasteiger partial charge on any atom is 0.321 e. The number of aromatic nitrogens is 1. The van der Waals surface area contributed by atoms with Gasteiger partial charge in [-0.25, -0.2) is 9.78 Å². The van der Waals surface area contributed by atoms with Gasteiger partial charge >= 0.3 is 6.03 Å². The molecule has 0 fully saturated rings. The summed E-state index contributed by atoms with van der Waals surface area (Å²) in [5.74, 6) is -0.194. The van der Waals surface area contributed by atoms with Crippen molar-refractivity contribution in [3.63, 3.8) is 0 Å². The number of hydrogen-bond acceptors (Lipinski definition) is 4. The molecule has 1 aromatic carbocycles. The Labute approximate surface area is 127 Å². The van der Waals surface area contributed by atoms with Crippen LogP contribution < -0.4 is 10.6 Å². The molecule has 2 aromatic rings. The Bertz CT molecular complexity index is 701. The highest BCUT2D eigenvalue weighted by Crippen LogP contribution is 2.25. The smallest absolute Gasteiger partial charge is 0.321 e. The Morgan fingerprint density at radius 3 is 2.71 bits per heavy atom. The van der Waals surface area contributed by atoms with Crippen LogP contribution in [-0.2, 0) is 4.79 Å². The van der Waals surface area contributed by atoms with Crippen molar-refractivity contribution in [1.29, 1.82) is 0 Å². The zero-order valence-corrected chi connectivity index (χ0v) is 13.0. The maximum atomic E-state index is 11.6. The number of fused-ring (bicyclic) bond motifs is 1. The van der Waals surface area contributed by atoms with Crippen LogP contribution in [0.3, 0.4) is 0 Å². The summed E-state index contributed by atoms with van der Waals surface area (Å²) in [5.41, 5.74) is 3.18. The van der Waals surface area contributed by atoms with Gasteiger partial charge in [-0.05, 0) is 31.0 Å². The van der Waals surface area contributed by atoms with Gasteiger partial charge in [-0.2, -0.15) is 0 Å². The summed E-state index contributed by atoms with van der Waals surface area (Å²) in [6.07, 6.45) is 0. The first-order chi connectivity index (χ1) is 10.0. The van der Waals surface area contributed by atoms with Gasteiger partial charge in [-0.3, -0.25) is 10.1 Å². The summed E-state index contributed by atoms with van der Waals surface area (Å²) >= 11 is 1.32. The van der Waals surface area contributed by atoms with Crippen LogP contribution in [0.1, 0.15) is 11.1 Å². The van der Waals surface area contributed by atoms with E-state index in [1.165, 1.54) is 18.8 Å². The third-order valence-corrected chi connectivity index (χ3v) is 3.97. The summed E-state index contributed by atoms with van der Waals surface area (Å²) in [6.45, 7) is 4.04. The van der Waals surface area contributed by atoms with Crippen molar-refractivity contribution >= 4 is 34.6 Å². The van der Waals surface area contributed by atoms with Crippen LogP contribution in [0.25, 0.3) is 10.9 Å². The average molecular weight is 303 g/mol. The van der Waals surface area contributed by atoms with Crippen LogP contribution in [0.5, 0.6) is 0 Å². The van der Waals surface area contributed by atoms with Gasteiger partial charge in [0.1, 0.15) is 0 Å². The van der Waals surface area contributed by atoms with E-state index in [4.69, 9.17) is 0 Å². The van der Waals surface area contributed by atoms with Crippen molar-refractivity contribution in [1.82, 2.24) is 15.6 Å². The van der Waals surface area contributed by atoms with Gasteiger partial charge in [0.25, 0.3) is 0 Å². The van der Waals surface area contributed by atoms with E-state index in [0.717, 1.165) is 27.1 Å². The van der Waals surface area contributed by atoms with Gasteiger partial charge in [-0.1, -0.05) is 30.0 Å². The Morgan fingerprint density at radius 1 is 1.24 bits per heavy atom. The van der Waals surface area contributed by atoms with Crippen molar-refractivity contribution in [2.24, 2.45) is 0 Å². The number of amides is 3. The van der Waals surface area contributed by atoms with E-state index in [1.807, 2.05) is 38.1 Å². The van der Waals surface area contributed by atoms with E-state index in [2.05, 4.69) is 15.6 Å². The fourth-order valence-corrected chi connectivity index (χ4v) is 2.74. The molecule has 1 aromatic heterocycles. The van der Waals surface area contributed by atoms with E-state index in [1.54, 1.807) is 0 Å². The summed E-state index contributed by atoms with van der Waals surface area (Å²) in [4.78, 5) is 27.2. The summed E-state index contributed by atoms with van der Waals surface area (Å²) in [6, 6.07) is 7.52. The monoisotopic (exact) mass is 303 g/mol. The molecule has 110 valence electrons. The normalized spacial score (nSPS) is 10.4. The van der Waals surface area contributed by atoms with E-state index in [9.17, 15) is 9.59 Å². The summed E-state index contributed by atoms with van der Waals surface area (Å²) in [7, 11) is 1.47. The van der Waals surface area contributed by atoms with E-state index in [0.29, 0.717) is 0 Å². The minimum Gasteiger partial charge on any atom is -0.341 e. The molecule has 0 aliphatic heterocycles. The first-order valence-electron chi connectivity index (χ1n) is 6.52. The zero-order chi connectivity index (χ0) is 15.4. The lowest BCUT2D eigenvalue weighted by atomic mass is 10.1. The Balaban J connectivity index is 2.14. The van der Waals surface area contributed by atoms with Gasteiger partial charge < -0.3 is 5.32 Å². The molecule has 2 rings (SSSR count). The molecule has 0 atom stereocenters. The Kier molecular flexibility index (Phi) is 4.80. The second kappa shape index (κ2) is 6.58. The molecule has 2 N–H and O–H groups in total. The van der Waals surface area contributed by atoms with Gasteiger partial charge in [0, 0.05) is 12.4 Å². The van der Waals surface area contributed by atoms with Crippen LogP contribution in [0, 0.1) is 13.8 Å². The molecule has 5 nitrogen and oxygen atoms in total. The molecule has 3 amide bonds. The zero-order valence-electron chi connectivity index (χ0n) is 12.2. The van der Waals surface area contributed by atoms with Crippen molar-refractivity contribution in [3.05, 3.63) is 35.4 Å². The molecule has 1 heterocycles. The largest absolute Gasteiger partial charge is 0.341 e. The van der Waals surface area contributed by atoms with E-state index in [-0.39, 0.29) is 11.7 Å². The number of nitrogens with one attached hydrogen (secondary N) is 2. The van der Waals surface area contributed by atoms with Crippen LogP contribution in [-0.4, -0.2) is 29.7 Å². The summed E-state index contributed by atoms with van der Waals surface area (Å²) < 4.78 is 0. The lowest BCUT2D eigenvalue weighted by Crippen LogP contribution is -2.38. The average Bonchev–Trinajstić information content (AvgIpc) is 2.46. The van der Waals surface area contributed by atoms with Crippen molar-refractivity contribution in [3.8, 4) is 0 Å². The third-order valence-electron chi connectivity index (χ3n) is 3.06. The molecule has 0 saturated carbocycles. The Morgan fingerprint density at radius 2 is 2.00 bits per heavy atom. The van der Waals surface area contributed by atoms with Gasteiger partial charge in [-0.15, -0.1) is 0 Å². The van der Waals surface area contributed by atoms with E-state index >= 15 is 0 Å². The highest BCUT2D eigenvalue weighted by atomic mass is 32.2. The fourth-order valence-electron chi connectivity index (χ4n) is 1.97. The minimum absolute atomic E-state index is 0.150. The number of thioether (sulfide) groups is 1. The van der Waals surface area contributed by atoms with Crippen molar-refractivity contribution in [2.75, 3.05) is 12.8 Å². The number of urea groups is 1. The minimum atomic E-state index is -0.501.